The number of allylic oxidation sites excluding steroid dienone is 2. The predicted molar refractivity (Wildman–Crippen MR) is 94.7 cm³/mol. The Bertz CT molecular complexity index is 552. The Labute approximate surface area is 151 Å². The van der Waals surface area contributed by atoms with E-state index >= 15 is 0 Å². The van der Waals surface area contributed by atoms with E-state index in [0.29, 0.717) is 6.42 Å². The van der Waals surface area contributed by atoms with Gasteiger partial charge in [0.1, 0.15) is 11.7 Å². The number of carbonyl (C=O) groups is 2. The minimum atomic E-state index is -0.393. The molecule has 5 nitrogen and oxygen atoms in total. The van der Waals surface area contributed by atoms with Gasteiger partial charge in [0.2, 0.25) is 0 Å². The van der Waals surface area contributed by atoms with Gasteiger partial charge >= 0.3 is 5.97 Å². The summed E-state index contributed by atoms with van der Waals surface area (Å²) in [5.74, 6) is -0.345. The largest absolute Gasteiger partial charge is 0.469 e. The van der Waals surface area contributed by atoms with Crippen LogP contribution < -0.4 is 0 Å². The molecule has 0 bridgehead atoms. The first-order valence-electron chi connectivity index (χ1n) is 9.25. The summed E-state index contributed by atoms with van der Waals surface area (Å²) in [7, 11) is 1.38. The minimum Gasteiger partial charge on any atom is -0.469 e. The normalized spacial score (nSPS) is 31.0. The average Bonchev–Trinajstić information content (AvgIpc) is 2.57. The van der Waals surface area contributed by atoms with E-state index in [4.69, 9.17) is 14.5 Å². The number of hydrogen-bond donors (Lipinski definition) is 0. The Hall–Kier alpha value is -1.20. The monoisotopic (exact) mass is 352 g/mol. The Morgan fingerprint density at radius 3 is 2.56 bits per heavy atom. The topological polar surface area (TPSA) is 61.8 Å². The summed E-state index contributed by atoms with van der Waals surface area (Å²) in [6.45, 7) is 10.2. The van der Waals surface area contributed by atoms with Crippen molar-refractivity contribution in [2.24, 2.45) is 11.3 Å². The van der Waals surface area contributed by atoms with Crippen LogP contribution in [0.15, 0.2) is 11.1 Å². The number of methoxy groups -OCH3 is 1. The van der Waals surface area contributed by atoms with Gasteiger partial charge in [0.15, 0.2) is 5.78 Å². The maximum Gasteiger partial charge on any atom is 0.311 e. The Kier molecular flexibility index (Phi) is 6.10. The number of carbonyl (C=O) groups excluding carboxylic acids is 2. The molecule has 25 heavy (non-hydrogen) atoms. The number of Topliss-reactive ketones (excluding diaryl/α,β-unsaturated/α-hetero) is 1. The standard InChI is InChI=1S/C20H32O5/c1-13-15(19(3,4)10-8-16(13)21)7-11-20(5)12-9-17(24-25-20)14(2)18(22)23-6/h14,17H,7-12H2,1-6H3/t14-,17+,20+/m1/s1. The lowest BCUT2D eigenvalue weighted by Gasteiger charge is -2.39. The van der Waals surface area contributed by atoms with Crippen LogP contribution in [0.4, 0.5) is 0 Å². The molecule has 0 N–H and O–H groups in total. The van der Waals surface area contributed by atoms with E-state index in [-0.39, 0.29) is 29.2 Å². The van der Waals surface area contributed by atoms with Gasteiger partial charge in [0, 0.05) is 6.42 Å². The number of rotatable bonds is 5. The lowest BCUT2D eigenvalue weighted by atomic mass is 9.70. The third-order valence-electron chi connectivity index (χ3n) is 6.03. The second-order valence-corrected chi connectivity index (χ2v) is 8.43. The summed E-state index contributed by atoms with van der Waals surface area (Å²) in [4.78, 5) is 35.0. The predicted octanol–water partition coefficient (Wildman–Crippen LogP) is 4.15. The van der Waals surface area contributed by atoms with Crippen molar-refractivity contribution in [1.82, 2.24) is 0 Å². The van der Waals surface area contributed by atoms with Crippen molar-refractivity contribution in [2.45, 2.75) is 84.8 Å². The van der Waals surface area contributed by atoms with Crippen LogP contribution in [-0.4, -0.2) is 30.6 Å². The first-order valence-corrected chi connectivity index (χ1v) is 9.25. The fourth-order valence-corrected chi connectivity index (χ4v) is 3.91. The Morgan fingerprint density at radius 1 is 1.32 bits per heavy atom. The molecular formula is C20H32O5. The zero-order chi connectivity index (χ0) is 18.8. The minimum absolute atomic E-state index is 0.0613. The van der Waals surface area contributed by atoms with Crippen LogP contribution in [0.1, 0.15) is 73.1 Å². The molecule has 1 aliphatic carbocycles. The summed E-state index contributed by atoms with van der Waals surface area (Å²) in [5.41, 5.74) is 1.84. The van der Waals surface area contributed by atoms with Gasteiger partial charge in [-0.15, -0.1) is 0 Å². The molecule has 0 radical (unpaired) electrons. The summed E-state index contributed by atoms with van der Waals surface area (Å²) in [6.07, 6.45) is 4.50. The molecule has 0 unspecified atom stereocenters. The highest BCUT2D eigenvalue weighted by Gasteiger charge is 2.39. The van der Waals surface area contributed by atoms with Crippen molar-refractivity contribution in [3.63, 3.8) is 0 Å². The number of esters is 1. The molecule has 0 amide bonds. The van der Waals surface area contributed by atoms with Crippen molar-refractivity contribution in [2.75, 3.05) is 7.11 Å². The van der Waals surface area contributed by atoms with E-state index in [1.807, 2.05) is 13.8 Å². The van der Waals surface area contributed by atoms with E-state index in [9.17, 15) is 9.59 Å². The highest BCUT2D eigenvalue weighted by Crippen LogP contribution is 2.43. The maximum atomic E-state index is 12.1. The quantitative estimate of drug-likeness (QED) is 0.549. The first kappa shape index (κ1) is 20.1. The SMILES string of the molecule is COC(=O)[C@H](C)[C@@H]1CC[C@](C)(CCC2=C(C)C(=O)CCC2(C)C)OO1. The van der Waals surface area contributed by atoms with Crippen LogP contribution in [-0.2, 0) is 24.1 Å². The van der Waals surface area contributed by atoms with Gasteiger partial charge in [0.25, 0.3) is 0 Å². The molecular weight excluding hydrogens is 320 g/mol. The smallest absolute Gasteiger partial charge is 0.311 e. The fourth-order valence-electron chi connectivity index (χ4n) is 3.91. The van der Waals surface area contributed by atoms with Crippen molar-refractivity contribution >= 4 is 11.8 Å². The zero-order valence-electron chi connectivity index (χ0n) is 16.4. The fraction of sp³-hybridized carbons (Fsp3) is 0.800. The molecule has 0 aromatic rings. The van der Waals surface area contributed by atoms with E-state index in [0.717, 1.165) is 37.7 Å². The summed E-state index contributed by atoms with van der Waals surface area (Å²) in [5, 5.41) is 0. The van der Waals surface area contributed by atoms with Crippen LogP contribution in [0.5, 0.6) is 0 Å². The van der Waals surface area contributed by atoms with Gasteiger partial charge in [0.05, 0.1) is 13.0 Å². The molecule has 2 aliphatic rings. The Balaban J connectivity index is 1.97. The average molecular weight is 352 g/mol. The number of ketones is 1. The number of hydrogen-bond acceptors (Lipinski definition) is 5. The second kappa shape index (κ2) is 7.58. The van der Waals surface area contributed by atoms with Crippen LogP contribution in [0.3, 0.4) is 0 Å². The van der Waals surface area contributed by atoms with Crippen LogP contribution in [0.2, 0.25) is 0 Å². The van der Waals surface area contributed by atoms with Gasteiger partial charge in [-0.3, -0.25) is 9.59 Å². The molecule has 1 aliphatic heterocycles. The molecule has 2 rings (SSSR count). The van der Waals surface area contributed by atoms with Crippen LogP contribution >= 0.6 is 0 Å². The molecule has 1 saturated heterocycles. The van der Waals surface area contributed by atoms with Gasteiger partial charge in [-0.05, 0) is 63.9 Å². The van der Waals surface area contributed by atoms with Gasteiger partial charge in [-0.25, -0.2) is 9.78 Å². The van der Waals surface area contributed by atoms with E-state index in [1.165, 1.54) is 12.7 Å². The van der Waals surface area contributed by atoms with Crippen molar-refractivity contribution in [1.29, 1.82) is 0 Å². The lowest BCUT2D eigenvalue weighted by molar-refractivity contribution is -0.411. The summed E-state index contributed by atoms with van der Waals surface area (Å²) < 4.78 is 4.78. The van der Waals surface area contributed by atoms with Crippen LogP contribution in [0.25, 0.3) is 0 Å². The van der Waals surface area contributed by atoms with Gasteiger partial charge in [-0.2, -0.15) is 0 Å². The highest BCUT2D eigenvalue weighted by atomic mass is 17.2. The van der Waals surface area contributed by atoms with E-state index < -0.39 is 5.60 Å². The molecule has 3 atom stereocenters. The van der Waals surface area contributed by atoms with Gasteiger partial charge < -0.3 is 4.74 Å². The summed E-state index contributed by atoms with van der Waals surface area (Å²) in [6, 6.07) is 0. The van der Waals surface area contributed by atoms with Crippen LogP contribution in [0, 0.1) is 11.3 Å². The van der Waals surface area contributed by atoms with E-state index in [2.05, 4.69) is 13.8 Å². The molecule has 142 valence electrons. The molecule has 0 aromatic heterocycles. The number of ether oxygens (including phenoxy) is 1. The maximum absolute atomic E-state index is 12.1. The first-order chi connectivity index (χ1) is 11.6. The zero-order valence-corrected chi connectivity index (χ0v) is 16.4. The van der Waals surface area contributed by atoms with Crippen molar-refractivity contribution in [3.8, 4) is 0 Å². The molecule has 1 fully saturated rings. The molecule has 0 spiro atoms. The van der Waals surface area contributed by atoms with E-state index in [1.54, 1.807) is 6.92 Å². The lowest BCUT2D eigenvalue weighted by Crippen LogP contribution is -2.42. The molecule has 0 saturated carbocycles. The summed E-state index contributed by atoms with van der Waals surface area (Å²) >= 11 is 0. The third kappa shape index (κ3) is 4.50. The highest BCUT2D eigenvalue weighted by molar-refractivity contribution is 5.96. The van der Waals surface area contributed by atoms with Crippen molar-refractivity contribution < 1.29 is 24.1 Å². The molecule has 5 heteroatoms. The van der Waals surface area contributed by atoms with Gasteiger partial charge in [-0.1, -0.05) is 19.4 Å². The van der Waals surface area contributed by atoms with Crippen molar-refractivity contribution in [3.05, 3.63) is 11.1 Å². The molecule has 1 heterocycles. The second-order valence-electron chi connectivity index (χ2n) is 8.43. The third-order valence-corrected chi connectivity index (χ3v) is 6.03. The Morgan fingerprint density at radius 2 is 2.00 bits per heavy atom. The molecule has 0 aromatic carbocycles.